The molecule has 1 unspecified atom stereocenters. The van der Waals surface area contributed by atoms with E-state index in [1.165, 1.54) is 0 Å². The van der Waals surface area contributed by atoms with Crippen LogP contribution in [0.25, 0.3) is 0 Å². The van der Waals surface area contributed by atoms with Crippen LogP contribution in [0.3, 0.4) is 0 Å². The molecule has 0 amide bonds. The Bertz CT molecular complexity index is 467. The van der Waals surface area contributed by atoms with Crippen LogP contribution in [0.4, 0.5) is 5.69 Å². The maximum absolute atomic E-state index is 11.0. The minimum atomic E-state index is -5.03. The maximum Gasteiger partial charge on any atom is 1.00 e. The summed E-state index contributed by atoms with van der Waals surface area (Å²) in [7, 11) is 0. The van der Waals surface area contributed by atoms with Gasteiger partial charge in [-0.2, -0.15) is 0 Å². The summed E-state index contributed by atoms with van der Waals surface area (Å²) in [6.45, 7) is 0. The fourth-order valence-electron chi connectivity index (χ4n) is 0.983. The Morgan fingerprint density at radius 1 is 1.33 bits per heavy atom. The van der Waals surface area contributed by atoms with E-state index in [2.05, 4.69) is 5.32 Å². The Morgan fingerprint density at radius 3 is 2.33 bits per heavy atom. The average molecular weight is 356 g/mol. The molecule has 7 nitrogen and oxygen atoms in total. The van der Waals surface area contributed by atoms with Crippen molar-refractivity contribution in [3.05, 3.63) is 18.2 Å². The Morgan fingerprint density at radius 2 is 1.89 bits per heavy atom. The van der Waals surface area contributed by atoms with Crippen molar-refractivity contribution >= 4 is 35.3 Å². The first-order valence-corrected chi connectivity index (χ1v) is 8.62. The molecule has 1 rings (SSSR count). The largest absolute Gasteiger partial charge is 1.00 e. The van der Waals surface area contributed by atoms with Crippen LogP contribution in [0, 0.1) is 0 Å². The van der Waals surface area contributed by atoms with Gasteiger partial charge in [0.05, 0.1) is 0 Å². The van der Waals surface area contributed by atoms with Crippen molar-refractivity contribution in [2.45, 2.75) is 0 Å². The summed E-state index contributed by atoms with van der Waals surface area (Å²) in [5.74, 6) is -0.733. The molecule has 1 atom stereocenters. The van der Waals surface area contributed by atoms with Crippen LogP contribution in [-0.2, 0) is 14.8 Å². The number of nitrogens with one attached hydrogen (secondary N) is 1. The minimum absolute atomic E-state index is 0. The number of rotatable bonds is 4. The number of hydrogen-bond donors (Lipinski definition) is 4. The molecule has 0 aromatic heterocycles. The van der Waals surface area contributed by atoms with Crippen LogP contribution in [0.5, 0.6) is 5.75 Å². The third-order valence-corrected chi connectivity index (χ3v) is 4.07. The zero-order valence-corrected chi connectivity index (χ0v) is 16.6. The minimum Gasteiger partial charge on any atom is 1.00 e. The first-order chi connectivity index (χ1) is 7.30. The molecule has 1 aromatic carbocycles. The van der Waals surface area contributed by atoms with Gasteiger partial charge < -0.3 is 0 Å². The summed E-state index contributed by atoms with van der Waals surface area (Å²) < 4.78 is 49.1. The first kappa shape index (κ1) is 21.5. The second-order valence-corrected chi connectivity index (χ2v) is 7.13. The molecule has 4 N–H and O–H groups in total. The standard InChI is InChI=1S/C7H10AsNO6S.2Na/c10-7-2-1-5(8(11,12)13)3-6(7)9-4-16(14)15;;/h1-3,9-10H,4H2,(H,14,15)(H2,11,12,13);;/q;2*+1/p-1. The van der Waals surface area contributed by atoms with Gasteiger partial charge in [-0.1, -0.05) is 0 Å². The van der Waals surface area contributed by atoms with Gasteiger partial charge in [-0.25, -0.2) is 0 Å². The molecule has 0 radical (unpaired) electrons. The Kier molecular flexibility index (Phi) is 11.0. The van der Waals surface area contributed by atoms with Crippen molar-refractivity contribution in [3.63, 3.8) is 0 Å². The van der Waals surface area contributed by atoms with Crippen LogP contribution >= 0.6 is 0 Å². The molecule has 0 aliphatic rings. The molecule has 18 heavy (non-hydrogen) atoms. The fourth-order valence-corrected chi connectivity index (χ4v) is 2.44. The molecule has 90 valence electrons. The smallest absolute Gasteiger partial charge is 1.00 e. The molecule has 0 bridgehead atoms. The van der Waals surface area contributed by atoms with Crippen molar-refractivity contribution in [1.29, 1.82) is 0 Å². The second kappa shape index (κ2) is 9.20. The normalized spacial score (nSPS) is 11.9. The van der Waals surface area contributed by atoms with Crippen LogP contribution < -0.4 is 68.8 Å². The van der Waals surface area contributed by atoms with Gasteiger partial charge in [0, 0.05) is 0 Å². The summed E-state index contributed by atoms with van der Waals surface area (Å²) >= 11 is -7.40. The van der Waals surface area contributed by atoms with E-state index in [1.807, 2.05) is 0 Å². The van der Waals surface area contributed by atoms with E-state index < -0.39 is 31.1 Å². The number of phenolic OH excluding ortho intramolecular Hbond substituents is 1. The molecule has 0 heterocycles. The van der Waals surface area contributed by atoms with Gasteiger partial charge in [0.25, 0.3) is 0 Å². The molecule has 11 heteroatoms. The molecule has 0 saturated carbocycles. The van der Waals surface area contributed by atoms with Gasteiger partial charge in [0.1, 0.15) is 0 Å². The quantitative estimate of drug-likeness (QED) is 0.240. The molecule has 0 spiro atoms. The maximum atomic E-state index is 11.0. The Labute approximate surface area is 153 Å². The predicted octanol–water partition coefficient (Wildman–Crippen LogP) is -7.79. The van der Waals surface area contributed by atoms with E-state index in [-0.39, 0.29) is 74.9 Å². The molecule has 0 aliphatic carbocycles. The summed E-state index contributed by atoms with van der Waals surface area (Å²) in [6, 6.07) is 3.21. The van der Waals surface area contributed by atoms with Gasteiger partial charge in [-0.3, -0.25) is 0 Å². The zero-order valence-electron chi connectivity index (χ0n) is 9.86. The Balaban J connectivity index is 0. The summed E-state index contributed by atoms with van der Waals surface area (Å²) in [4.78, 5) is 0. The Hall–Kier alpha value is 1.21. The third-order valence-electron chi connectivity index (χ3n) is 1.70. The van der Waals surface area contributed by atoms with Gasteiger partial charge in [0.15, 0.2) is 0 Å². The first-order valence-electron chi connectivity index (χ1n) is 3.99. The van der Waals surface area contributed by atoms with Crippen LogP contribution in [-0.4, -0.2) is 42.1 Å². The van der Waals surface area contributed by atoms with Crippen molar-refractivity contribution in [2.75, 3.05) is 11.2 Å². The number of benzene rings is 1. The number of aromatic hydroxyl groups is 1. The molecular weight excluding hydrogens is 347 g/mol. The van der Waals surface area contributed by atoms with Crippen molar-refractivity contribution in [2.24, 2.45) is 0 Å². The monoisotopic (exact) mass is 356 g/mol. The van der Waals surface area contributed by atoms with Gasteiger partial charge >= 0.3 is 155 Å². The molecule has 0 fully saturated rings. The van der Waals surface area contributed by atoms with Crippen molar-refractivity contribution < 1.29 is 84.9 Å². The van der Waals surface area contributed by atoms with Gasteiger partial charge in [-0.05, 0) is 0 Å². The van der Waals surface area contributed by atoms with Crippen LogP contribution in [0.1, 0.15) is 0 Å². The van der Waals surface area contributed by atoms with E-state index in [0.717, 1.165) is 18.2 Å². The molecule has 0 aliphatic heterocycles. The summed E-state index contributed by atoms with van der Waals surface area (Å²) in [5, 5.41) is 11.6. The SMILES string of the molecule is O=S([O-])CNc1cc([As](=O)(O)O)ccc1O.[Na+].[Na+]. The molecule has 1 aromatic rings. The zero-order chi connectivity index (χ0) is 12.3. The van der Waals surface area contributed by atoms with Crippen molar-refractivity contribution in [1.82, 2.24) is 0 Å². The average Bonchev–Trinajstić information content (AvgIpc) is 2.14. The van der Waals surface area contributed by atoms with Crippen molar-refractivity contribution in [3.8, 4) is 5.75 Å². The topological polar surface area (TPSA) is 130 Å². The van der Waals surface area contributed by atoms with Crippen LogP contribution in [0.15, 0.2) is 18.2 Å². The summed E-state index contributed by atoms with van der Waals surface area (Å²) in [6.07, 6.45) is 0. The van der Waals surface area contributed by atoms with Gasteiger partial charge in [0.2, 0.25) is 0 Å². The van der Waals surface area contributed by atoms with Gasteiger partial charge in [-0.15, -0.1) is 0 Å². The van der Waals surface area contributed by atoms with E-state index in [9.17, 15) is 17.6 Å². The number of anilines is 1. The number of phenols is 1. The third kappa shape index (κ3) is 7.11. The fraction of sp³-hybridized carbons (Fsp3) is 0.143. The number of hydrogen-bond acceptors (Lipinski definition) is 5. The second-order valence-electron chi connectivity index (χ2n) is 2.87. The molecule has 0 saturated heterocycles. The van der Waals surface area contributed by atoms with E-state index in [1.54, 1.807) is 0 Å². The predicted molar refractivity (Wildman–Crippen MR) is 56.0 cm³/mol. The van der Waals surface area contributed by atoms with E-state index >= 15 is 0 Å². The van der Waals surface area contributed by atoms with Crippen LogP contribution in [0.2, 0.25) is 0 Å². The van der Waals surface area contributed by atoms with E-state index in [0.29, 0.717) is 0 Å². The molecular formula is C7H9AsNNa2O6S+. The van der Waals surface area contributed by atoms with E-state index in [4.69, 9.17) is 8.19 Å². The summed E-state index contributed by atoms with van der Waals surface area (Å²) in [5.41, 5.74) is -0.0357.